The van der Waals surface area contributed by atoms with Crippen LogP contribution in [0.15, 0.2) is 22.9 Å². The molecule has 0 aromatic carbocycles. The number of hydrogen-bond donors (Lipinski definition) is 1. The maximum atomic E-state index is 12.6. The summed E-state index contributed by atoms with van der Waals surface area (Å²) in [5, 5.41) is 6.71. The summed E-state index contributed by atoms with van der Waals surface area (Å²) >= 11 is 0. The number of rotatable bonds is 4. The normalized spacial score (nSPS) is 14.6. The van der Waals surface area contributed by atoms with Gasteiger partial charge in [0, 0.05) is 26.2 Å². The molecule has 9 heteroatoms. The van der Waals surface area contributed by atoms with Crippen molar-refractivity contribution in [2.24, 2.45) is 0 Å². The number of nitrogens with one attached hydrogen (secondary N) is 1. The number of aromatic nitrogens is 2. The van der Waals surface area contributed by atoms with Crippen molar-refractivity contribution in [2.75, 3.05) is 36.4 Å². The summed E-state index contributed by atoms with van der Waals surface area (Å²) in [6.07, 6.45) is 2.05. The van der Waals surface area contributed by atoms with Crippen molar-refractivity contribution in [3.63, 3.8) is 0 Å². The van der Waals surface area contributed by atoms with Gasteiger partial charge < -0.3 is 24.4 Å². The summed E-state index contributed by atoms with van der Waals surface area (Å²) in [6.45, 7) is 11.8. The molecule has 0 spiro atoms. The number of piperazine rings is 1. The Morgan fingerprint density at radius 3 is 2.47 bits per heavy atom. The highest BCUT2D eigenvalue weighted by Crippen LogP contribution is 2.20. The van der Waals surface area contributed by atoms with Crippen LogP contribution in [0.1, 0.15) is 49.5 Å². The van der Waals surface area contributed by atoms with Gasteiger partial charge in [-0.15, -0.1) is 0 Å². The van der Waals surface area contributed by atoms with Gasteiger partial charge in [-0.25, -0.2) is 9.78 Å². The Kier molecular flexibility index (Phi) is 6.28. The van der Waals surface area contributed by atoms with E-state index in [1.165, 1.54) is 0 Å². The first-order chi connectivity index (χ1) is 14.2. The summed E-state index contributed by atoms with van der Waals surface area (Å²) < 4.78 is 10.6. The van der Waals surface area contributed by atoms with Gasteiger partial charge in [-0.2, -0.15) is 0 Å². The number of hydrogen-bond acceptors (Lipinski definition) is 7. The lowest BCUT2D eigenvalue weighted by Gasteiger charge is -2.36. The van der Waals surface area contributed by atoms with E-state index in [0.717, 1.165) is 5.69 Å². The highest BCUT2D eigenvalue weighted by molar-refractivity contribution is 6.05. The van der Waals surface area contributed by atoms with Crippen molar-refractivity contribution >= 4 is 23.5 Å². The van der Waals surface area contributed by atoms with E-state index in [1.807, 2.05) is 33.8 Å². The summed E-state index contributed by atoms with van der Waals surface area (Å²) in [6, 6.07) is 3.68. The van der Waals surface area contributed by atoms with E-state index in [4.69, 9.17) is 9.26 Å². The molecule has 1 N–H and O–H groups in total. The first-order valence-electron chi connectivity index (χ1n) is 10.1. The number of aryl methyl sites for hydroxylation is 2. The van der Waals surface area contributed by atoms with Gasteiger partial charge in [0.1, 0.15) is 22.7 Å². The van der Waals surface area contributed by atoms with Crippen LogP contribution in [-0.4, -0.2) is 58.8 Å². The Bertz CT molecular complexity index is 893. The fourth-order valence-corrected chi connectivity index (χ4v) is 3.25. The number of amides is 2. The van der Waals surface area contributed by atoms with Crippen LogP contribution in [0.3, 0.4) is 0 Å². The van der Waals surface area contributed by atoms with Gasteiger partial charge in [0.25, 0.3) is 5.91 Å². The van der Waals surface area contributed by atoms with Crippen molar-refractivity contribution < 1.29 is 18.8 Å². The smallest absolute Gasteiger partial charge is 0.410 e. The lowest BCUT2D eigenvalue weighted by molar-refractivity contribution is 0.0240. The topological polar surface area (TPSA) is 101 Å². The lowest BCUT2D eigenvalue weighted by atomic mass is 10.1. The molecule has 1 fully saturated rings. The molecule has 9 nitrogen and oxygen atoms in total. The molecule has 2 aromatic rings. The van der Waals surface area contributed by atoms with Crippen LogP contribution < -0.4 is 10.2 Å². The Morgan fingerprint density at radius 2 is 1.90 bits per heavy atom. The van der Waals surface area contributed by atoms with Crippen molar-refractivity contribution in [3.8, 4) is 0 Å². The van der Waals surface area contributed by atoms with Crippen LogP contribution in [0.5, 0.6) is 0 Å². The zero-order valence-corrected chi connectivity index (χ0v) is 18.2. The average Bonchev–Trinajstić information content (AvgIpc) is 3.08. The van der Waals surface area contributed by atoms with Crippen molar-refractivity contribution in [1.29, 1.82) is 0 Å². The van der Waals surface area contributed by atoms with Gasteiger partial charge in [-0.05, 0) is 46.2 Å². The van der Waals surface area contributed by atoms with Crippen molar-refractivity contribution in [1.82, 2.24) is 15.0 Å². The third kappa shape index (κ3) is 5.08. The molecule has 2 amide bonds. The quantitative estimate of drug-likeness (QED) is 0.818. The molecule has 162 valence electrons. The van der Waals surface area contributed by atoms with Gasteiger partial charge >= 0.3 is 6.09 Å². The fourth-order valence-electron chi connectivity index (χ4n) is 3.25. The van der Waals surface area contributed by atoms with E-state index in [9.17, 15) is 9.59 Å². The predicted octanol–water partition coefficient (Wildman–Crippen LogP) is 3.25. The zero-order valence-electron chi connectivity index (χ0n) is 18.2. The summed E-state index contributed by atoms with van der Waals surface area (Å²) in [5.74, 6) is 0.666. The number of ether oxygens (including phenoxy) is 1. The van der Waals surface area contributed by atoms with Crippen LogP contribution in [0, 0.1) is 6.92 Å². The Balaban J connectivity index is 1.57. The maximum Gasteiger partial charge on any atom is 0.410 e. The van der Waals surface area contributed by atoms with Crippen LogP contribution in [0.4, 0.5) is 16.3 Å². The lowest BCUT2D eigenvalue weighted by Crippen LogP contribution is -2.50. The van der Waals surface area contributed by atoms with Gasteiger partial charge in [0.15, 0.2) is 0 Å². The van der Waals surface area contributed by atoms with E-state index in [0.29, 0.717) is 55.4 Å². The fraction of sp³-hybridized carbons (Fsp3) is 0.524. The van der Waals surface area contributed by atoms with Gasteiger partial charge in [-0.1, -0.05) is 12.1 Å². The monoisotopic (exact) mass is 415 g/mol. The zero-order chi connectivity index (χ0) is 21.9. The Morgan fingerprint density at radius 1 is 1.20 bits per heavy atom. The van der Waals surface area contributed by atoms with Gasteiger partial charge in [-0.3, -0.25) is 4.79 Å². The summed E-state index contributed by atoms with van der Waals surface area (Å²) in [5.41, 5.74) is 1.53. The number of pyridine rings is 1. The molecule has 0 aliphatic carbocycles. The minimum atomic E-state index is -0.499. The average molecular weight is 415 g/mol. The Hall–Kier alpha value is -3.10. The Labute approximate surface area is 176 Å². The molecule has 3 rings (SSSR count). The van der Waals surface area contributed by atoms with E-state index >= 15 is 0 Å². The van der Waals surface area contributed by atoms with Crippen molar-refractivity contribution in [3.05, 3.63) is 35.3 Å². The number of nitrogens with zero attached hydrogens (tertiary/aromatic N) is 4. The first kappa shape index (κ1) is 21.6. The second-order valence-electron chi connectivity index (χ2n) is 8.22. The predicted molar refractivity (Wildman–Crippen MR) is 113 cm³/mol. The molecule has 0 unspecified atom stereocenters. The molecular formula is C21H29N5O4. The van der Waals surface area contributed by atoms with Gasteiger partial charge in [0.2, 0.25) is 0 Å². The molecule has 0 saturated carbocycles. The molecule has 1 aliphatic rings. The van der Waals surface area contributed by atoms with Crippen LogP contribution in [0.2, 0.25) is 0 Å². The maximum absolute atomic E-state index is 12.6. The molecule has 1 saturated heterocycles. The molecular weight excluding hydrogens is 386 g/mol. The molecule has 0 radical (unpaired) electrons. The number of carbonyl (C=O) groups excluding carboxylic acids is 2. The minimum Gasteiger partial charge on any atom is -0.444 e. The van der Waals surface area contributed by atoms with Crippen LogP contribution in [-0.2, 0) is 11.2 Å². The van der Waals surface area contributed by atoms with Crippen LogP contribution in [0.25, 0.3) is 0 Å². The largest absolute Gasteiger partial charge is 0.444 e. The molecule has 0 atom stereocenters. The second-order valence-corrected chi connectivity index (χ2v) is 8.22. The van der Waals surface area contributed by atoms with Crippen LogP contribution >= 0.6 is 0 Å². The number of anilines is 2. The van der Waals surface area contributed by atoms with E-state index in [1.54, 1.807) is 24.1 Å². The molecule has 0 bridgehead atoms. The first-order valence-corrected chi connectivity index (χ1v) is 10.1. The van der Waals surface area contributed by atoms with Gasteiger partial charge in [0.05, 0.1) is 17.6 Å². The molecule has 2 aromatic heterocycles. The number of carbonyl (C=O) groups is 2. The van der Waals surface area contributed by atoms with E-state index < -0.39 is 5.60 Å². The third-order valence-electron chi connectivity index (χ3n) is 4.78. The highest BCUT2D eigenvalue weighted by atomic mass is 16.6. The summed E-state index contributed by atoms with van der Waals surface area (Å²) in [4.78, 5) is 33.0. The highest BCUT2D eigenvalue weighted by Gasteiger charge is 2.26. The standard InChI is InChI=1S/C21H29N5O4/c1-6-16-18(14(2)30-24-16)19(27)23-17-8-7-15(13-22-17)25-9-11-26(12-10-25)20(28)29-21(3,4)5/h7-8,13H,6,9-12H2,1-5H3,(H,22,23,27). The molecule has 3 heterocycles. The minimum absolute atomic E-state index is 0.281. The molecule has 1 aliphatic heterocycles. The second kappa shape index (κ2) is 8.73. The van der Waals surface area contributed by atoms with Crippen molar-refractivity contribution in [2.45, 2.75) is 46.6 Å². The van der Waals surface area contributed by atoms with E-state index in [-0.39, 0.29) is 12.0 Å². The summed E-state index contributed by atoms with van der Waals surface area (Å²) in [7, 11) is 0. The van der Waals surface area contributed by atoms with E-state index in [2.05, 4.69) is 20.4 Å². The SMILES string of the molecule is CCc1noc(C)c1C(=O)Nc1ccc(N2CCN(C(=O)OC(C)(C)C)CC2)cn1. The third-order valence-corrected chi connectivity index (χ3v) is 4.78. The molecule has 30 heavy (non-hydrogen) atoms.